The Kier molecular flexibility index (Phi) is 5.38. The van der Waals surface area contributed by atoms with Gasteiger partial charge in [0.15, 0.2) is 0 Å². The van der Waals surface area contributed by atoms with Gasteiger partial charge >= 0.3 is 0 Å². The topological polar surface area (TPSA) is 67.2 Å². The van der Waals surface area contributed by atoms with E-state index in [0.29, 0.717) is 16.7 Å². The summed E-state index contributed by atoms with van der Waals surface area (Å²) in [5, 5.41) is 16.6. The maximum absolute atomic E-state index is 11.8. The summed E-state index contributed by atoms with van der Waals surface area (Å²) in [4.78, 5) is 11.8. The summed E-state index contributed by atoms with van der Waals surface area (Å²) in [5.41, 5.74) is 0.255. The van der Waals surface area contributed by atoms with E-state index in [9.17, 15) is 9.90 Å². The van der Waals surface area contributed by atoms with Gasteiger partial charge in [0.1, 0.15) is 11.0 Å². The van der Waals surface area contributed by atoms with Crippen LogP contribution in [0.5, 0.6) is 0 Å². The number of halogens is 1. The average Bonchev–Trinajstić information content (AvgIpc) is 2.33. The first-order chi connectivity index (χ1) is 8.47. The van der Waals surface area contributed by atoms with E-state index in [1.54, 1.807) is 0 Å². The molecular formula is C12H16BrN3O2. The van der Waals surface area contributed by atoms with Crippen LogP contribution in [-0.4, -0.2) is 27.5 Å². The van der Waals surface area contributed by atoms with Gasteiger partial charge in [0, 0.05) is 6.54 Å². The molecule has 1 aromatic rings. The first-order valence-electron chi connectivity index (χ1n) is 5.58. The highest BCUT2D eigenvalue weighted by Gasteiger charge is 2.12. The normalized spacial score (nSPS) is 12.2. The summed E-state index contributed by atoms with van der Waals surface area (Å²) in [7, 11) is 0. The zero-order valence-corrected chi connectivity index (χ0v) is 11.9. The van der Waals surface area contributed by atoms with Crippen LogP contribution in [0, 0.1) is 18.3 Å². The first kappa shape index (κ1) is 14.7. The van der Waals surface area contributed by atoms with Crippen LogP contribution < -0.4 is 10.9 Å². The molecule has 0 spiro atoms. The molecule has 1 heterocycles. The van der Waals surface area contributed by atoms with E-state index < -0.39 is 6.10 Å². The van der Waals surface area contributed by atoms with Gasteiger partial charge in [0.05, 0.1) is 18.0 Å². The Morgan fingerprint density at radius 2 is 2.33 bits per heavy atom. The van der Waals surface area contributed by atoms with Crippen molar-refractivity contribution in [2.75, 3.05) is 11.9 Å². The summed E-state index contributed by atoms with van der Waals surface area (Å²) in [6.07, 6.45) is 6.16. The van der Waals surface area contributed by atoms with Crippen LogP contribution in [0.15, 0.2) is 15.5 Å². The molecule has 1 rings (SSSR count). The molecule has 0 aromatic carbocycles. The Labute approximate surface area is 114 Å². The van der Waals surface area contributed by atoms with E-state index in [0.717, 1.165) is 0 Å². The van der Waals surface area contributed by atoms with Crippen molar-refractivity contribution in [3.63, 3.8) is 0 Å². The number of aliphatic hydroxyl groups excluding tert-OH is 1. The van der Waals surface area contributed by atoms with Crippen LogP contribution in [0.4, 0.5) is 5.69 Å². The number of hydrogen-bond donors (Lipinski definition) is 2. The molecule has 0 aliphatic rings. The molecule has 98 valence electrons. The highest BCUT2D eigenvalue weighted by Crippen LogP contribution is 2.16. The predicted octanol–water partition coefficient (Wildman–Crippen LogP) is 1.07. The fourth-order valence-corrected chi connectivity index (χ4v) is 1.68. The van der Waals surface area contributed by atoms with Crippen molar-refractivity contribution < 1.29 is 5.11 Å². The standard InChI is InChI=1S/C12H16BrN3O2/c1-4-5-16-12(18)11(13)9(6-15-16)14-7-10(17)8(2)3/h1,6,8,10,14,17H,5,7H2,2-3H3. The lowest BCUT2D eigenvalue weighted by atomic mass is 10.1. The molecular weight excluding hydrogens is 298 g/mol. The van der Waals surface area contributed by atoms with Gasteiger partial charge in [-0.2, -0.15) is 5.10 Å². The minimum absolute atomic E-state index is 0.131. The Bertz CT molecular complexity index is 505. The van der Waals surface area contributed by atoms with Gasteiger partial charge < -0.3 is 10.4 Å². The van der Waals surface area contributed by atoms with Gasteiger partial charge in [-0.1, -0.05) is 19.8 Å². The third kappa shape index (κ3) is 3.59. The number of rotatable bonds is 5. The maximum Gasteiger partial charge on any atom is 0.284 e. The number of nitrogens with one attached hydrogen (secondary N) is 1. The lowest BCUT2D eigenvalue weighted by molar-refractivity contribution is 0.138. The quantitative estimate of drug-likeness (QED) is 0.798. The number of hydrogen-bond acceptors (Lipinski definition) is 4. The van der Waals surface area contributed by atoms with Crippen molar-refractivity contribution in [3.05, 3.63) is 21.0 Å². The molecule has 0 fully saturated rings. The van der Waals surface area contributed by atoms with Gasteiger partial charge in [-0.15, -0.1) is 6.42 Å². The van der Waals surface area contributed by atoms with Gasteiger partial charge in [-0.05, 0) is 21.8 Å². The Morgan fingerprint density at radius 3 is 2.89 bits per heavy atom. The summed E-state index contributed by atoms with van der Waals surface area (Å²) in [5.74, 6) is 2.50. The highest BCUT2D eigenvalue weighted by molar-refractivity contribution is 9.10. The Hall–Kier alpha value is -1.32. The zero-order chi connectivity index (χ0) is 13.7. The number of anilines is 1. The van der Waals surface area contributed by atoms with E-state index in [1.165, 1.54) is 10.9 Å². The van der Waals surface area contributed by atoms with E-state index in [4.69, 9.17) is 6.42 Å². The number of aromatic nitrogens is 2. The zero-order valence-electron chi connectivity index (χ0n) is 10.4. The smallest absolute Gasteiger partial charge is 0.284 e. The third-order valence-electron chi connectivity index (χ3n) is 2.50. The van der Waals surface area contributed by atoms with Crippen molar-refractivity contribution in [2.24, 2.45) is 5.92 Å². The number of nitrogens with zero attached hydrogens (tertiary/aromatic N) is 2. The van der Waals surface area contributed by atoms with Gasteiger partial charge in [0.2, 0.25) is 0 Å². The molecule has 0 bridgehead atoms. The van der Waals surface area contributed by atoms with Crippen molar-refractivity contribution in [1.82, 2.24) is 9.78 Å². The fraction of sp³-hybridized carbons (Fsp3) is 0.500. The second kappa shape index (κ2) is 6.57. The molecule has 1 aromatic heterocycles. The van der Waals surface area contributed by atoms with E-state index in [1.807, 2.05) is 13.8 Å². The molecule has 2 N–H and O–H groups in total. The second-order valence-electron chi connectivity index (χ2n) is 4.23. The fourth-order valence-electron chi connectivity index (χ4n) is 1.24. The molecule has 0 amide bonds. The van der Waals surface area contributed by atoms with Crippen molar-refractivity contribution in [3.8, 4) is 12.3 Å². The molecule has 1 unspecified atom stereocenters. The highest BCUT2D eigenvalue weighted by atomic mass is 79.9. The van der Waals surface area contributed by atoms with Crippen LogP contribution in [-0.2, 0) is 6.54 Å². The van der Waals surface area contributed by atoms with Crippen LogP contribution in [0.1, 0.15) is 13.8 Å². The average molecular weight is 314 g/mol. The van der Waals surface area contributed by atoms with E-state index in [2.05, 4.69) is 32.3 Å². The Balaban J connectivity index is 2.83. The largest absolute Gasteiger partial charge is 0.391 e. The second-order valence-corrected chi connectivity index (χ2v) is 5.02. The molecule has 0 aliphatic carbocycles. The lowest BCUT2D eigenvalue weighted by Gasteiger charge is -2.16. The van der Waals surface area contributed by atoms with Crippen LogP contribution in [0.2, 0.25) is 0 Å². The first-order valence-corrected chi connectivity index (χ1v) is 6.37. The van der Waals surface area contributed by atoms with Gasteiger partial charge in [-0.3, -0.25) is 4.79 Å². The molecule has 0 saturated heterocycles. The Morgan fingerprint density at radius 1 is 1.67 bits per heavy atom. The number of terminal acetylenes is 1. The lowest BCUT2D eigenvalue weighted by Crippen LogP contribution is -2.28. The van der Waals surface area contributed by atoms with E-state index >= 15 is 0 Å². The molecule has 0 aliphatic heterocycles. The minimum atomic E-state index is -0.481. The molecule has 18 heavy (non-hydrogen) atoms. The summed E-state index contributed by atoms with van der Waals surface area (Å²) in [6, 6.07) is 0. The molecule has 5 nitrogen and oxygen atoms in total. The van der Waals surface area contributed by atoms with Crippen molar-refractivity contribution in [2.45, 2.75) is 26.5 Å². The molecule has 0 saturated carbocycles. The van der Waals surface area contributed by atoms with E-state index in [-0.39, 0.29) is 18.0 Å². The van der Waals surface area contributed by atoms with Crippen LogP contribution >= 0.6 is 15.9 Å². The minimum Gasteiger partial charge on any atom is -0.391 e. The molecule has 6 heteroatoms. The predicted molar refractivity (Wildman–Crippen MR) is 74.4 cm³/mol. The van der Waals surface area contributed by atoms with Gasteiger partial charge in [-0.25, -0.2) is 4.68 Å². The third-order valence-corrected chi connectivity index (χ3v) is 3.26. The summed E-state index contributed by atoms with van der Waals surface area (Å²) < 4.78 is 1.55. The molecule has 1 atom stereocenters. The van der Waals surface area contributed by atoms with Crippen molar-refractivity contribution in [1.29, 1.82) is 0 Å². The monoisotopic (exact) mass is 313 g/mol. The molecule has 0 radical (unpaired) electrons. The van der Waals surface area contributed by atoms with Gasteiger partial charge in [0.25, 0.3) is 5.56 Å². The van der Waals surface area contributed by atoms with Crippen LogP contribution in [0.3, 0.4) is 0 Å². The van der Waals surface area contributed by atoms with Crippen LogP contribution in [0.25, 0.3) is 0 Å². The number of aliphatic hydroxyl groups is 1. The summed E-state index contributed by atoms with van der Waals surface area (Å²) >= 11 is 3.20. The maximum atomic E-state index is 11.8. The summed E-state index contributed by atoms with van der Waals surface area (Å²) in [6.45, 7) is 4.33. The SMILES string of the molecule is C#CCn1ncc(NCC(O)C(C)C)c(Br)c1=O. The van der Waals surface area contributed by atoms with Crippen molar-refractivity contribution >= 4 is 21.6 Å².